The van der Waals surface area contributed by atoms with Crippen LogP contribution in [0.3, 0.4) is 0 Å². The molecule has 1 heterocycles. The van der Waals surface area contributed by atoms with Crippen molar-refractivity contribution in [2.45, 2.75) is 6.92 Å². The van der Waals surface area contributed by atoms with E-state index in [1.807, 2.05) is 35.7 Å². The lowest BCUT2D eigenvalue weighted by molar-refractivity contribution is 0.0959. The van der Waals surface area contributed by atoms with E-state index in [1.165, 1.54) is 27.7 Å². The average molecular weight is 344 g/mol. The van der Waals surface area contributed by atoms with Gasteiger partial charge >= 0.3 is 0 Å². The number of carbonyl (C=O) groups excluding carboxylic acids is 1. The van der Waals surface area contributed by atoms with Crippen LogP contribution in [0.5, 0.6) is 0 Å². The summed E-state index contributed by atoms with van der Waals surface area (Å²) in [6.45, 7) is 2.14. The van der Waals surface area contributed by atoms with Gasteiger partial charge in [-0.2, -0.15) is 5.10 Å². The van der Waals surface area contributed by atoms with Crippen molar-refractivity contribution in [2.24, 2.45) is 5.10 Å². The van der Waals surface area contributed by atoms with Crippen LogP contribution in [0.15, 0.2) is 71.1 Å². The highest BCUT2D eigenvalue weighted by Crippen LogP contribution is 2.31. The highest BCUT2D eigenvalue weighted by atomic mass is 32.1. The van der Waals surface area contributed by atoms with Gasteiger partial charge in [0.25, 0.3) is 5.91 Å². The predicted octanol–water partition coefficient (Wildman–Crippen LogP) is 5.13. The molecule has 1 aromatic heterocycles. The van der Waals surface area contributed by atoms with Gasteiger partial charge in [0, 0.05) is 5.56 Å². The van der Waals surface area contributed by atoms with Gasteiger partial charge in [-0.15, -0.1) is 11.3 Å². The Bertz CT molecular complexity index is 1040. The molecule has 25 heavy (non-hydrogen) atoms. The fourth-order valence-electron chi connectivity index (χ4n) is 3.14. The van der Waals surface area contributed by atoms with Crippen molar-refractivity contribution in [3.05, 3.63) is 82.0 Å². The van der Waals surface area contributed by atoms with Gasteiger partial charge in [-0.25, -0.2) is 5.43 Å². The highest BCUT2D eigenvalue weighted by Gasteiger charge is 2.10. The minimum Gasteiger partial charge on any atom is -0.266 e. The van der Waals surface area contributed by atoms with Gasteiger partial charge < -0.3 is 0 Å². The third kappa shape index (κ3) is 2.81. The van der Waals surface area contributed by atoms with E-state index in [1.54, 1.807) is 12.3 Å². The molecule has 3 nitrogen and oxygen atoms in total. The fourth-order valence-corrected chi connectivity index (χ4v) is 3.75. The molecule has 0 saturated heterocycles. The normalized spacial score (nSPS) is 11.4. The van der Waals surface area contributed by atoms with Crippen LogP contribution in [0.25, 0.3) is 21.5 Å². The maximum atomic E-state index is 12.1. The van der Waals surface area contributed by atoms with E-state index in [-0.39, 0.29) is 5.91 Å². The number of benzene rings is 3. The second-order valence-electron chi connectivity index (χ2n) is 5.81. The van der Waals surface area contributed by atoms with Gasteiger partial charge in [0.15, 0.2) is 0 Å². The molecule has 122 valence electrons. The van der Waals surface area contributed by atoms with E-state index in [0.29, 0.717) is 4.88 Å². The third-order valence-electron chi connectivity index (χ3n) is 4.35. The Morgan fingerprint density at radius 3 is 2.08 bits per heavy atom. The number of nitrogens with one attached hydrogen (secondary N) is 1. The summed E-state index contributed by atoms with van der Waals surface area (Å²) in [5.41, 5.74) is 4.89. The van der Waals surface area contributed by atoms with Crippen molar-refractivity contribution < 1.29 is 4.79 Å². The molecular formula is C21H16N2OS. The fraction of sp³-hybridized carbons (Fsp3) is 0.0476. The molecule has 1 N–H and O–H groups in total. The molecule has 0 aliphatic heterocycles. The zero-order chi connectivity index (χ0) is 17.2. The molecule has 0 aliphatic rings. The first-order valence-electron chi connectivity index (χ1n) is 8.02. The summed E-state index contributed by atoms with van der Waals surface area (Å²) in [6, 6.07) is 20.2. The van der Waals surface area contributed by atoms with Crippen LogP contribution in [-0.2, 0) is 0 Å². The van der Waals surface area contributed by atoms with Gasteiger partial charge in [0.05, 0.1) is 11.1 Å². The second-order valence-corrected chi connectivity index (χ2v) is 6.75. The zero-order valence-electron chi connectivity index (χ0n) is 13.7. The Kier molecular flexibility index (Phi) is 4.04. The number of thiophene rings is 1. The first-order chi connectivity index (χ1) is 12.3. The highest BCUT2D eigenvalue weighted by molar-refractivity contribution is 7.12. The van der Waals surface area contributed by atoms with Crippen molar-refractivity contribution in [3.8, 4) is 0 Å². The van der Waals surface area contributed by atoms with E-state index in [9.17, 15) is 4.79 Å². The minimum atomic E-state index is -0.188. The molecule has 4 rings (SSSR count). The maximum Gasteiger partial charge on any atom is 0.281 e. The molecule has 0 aliphatic carbocycles. The summed E-state index contributed by atoms with van der Waals surface area (Å²) >= 11 is 1.40. The molecule has 3 aromatic carbocycles. The molecule has 1 amide bonds. The van der Waals surface area contributed by atoms with Crippen molar-refractivity contribution in [1.82, 2.24) is 5.43 Å². The van der Waals surface area contributed by atoms with Crippen molar-refractivity contribution in [3.63, 3.8) is 0 Å². The second kappa shape index (κ2) is 6.49. The van der Waals surface area contributed by atoms with Crippen LogP contribution in [-0.4, -0.2) is 12.1 Å². The number of fused-ring (bicyclic) bond motifs is 2. The van der Waals surface area contributed by atoms with Gasteiger partial charge in [0.1, 0.15) is 0 Å². The molecule has 4 heteroatoms. The van der Waals surface area contributed by atoms with Crippen LogP contribution < -0.4 is 5.43 Å². The first-order valence-corrected chi connectivity index (χ1v) is 8.90. The summed E-state index contributed by atoms with van der Waals surface area (Å²) in [5, 5.41) is 10.8. The Balaban J connectivity index is 1.81. The van der Waals surface area contributed by atoms with E-state index in [4.69, 9.17) is 0 Å². The summed E-state index contributed by atoms with van der Waals surface area (Å²) in [5.74, 6) is -0.188. The Labute approximate surface area is 149 Å². The summed E-state index contributed by atoms with van der Waals surface area (Å²) in [6.07, 6.45) is 1.75. The first kappa shape index (κ1) is 15.5. The van der Waals surface area contributed by atoms with Crippen molar-refractivity contribution in [1.29, 1.82) is 0 Å². The maximum absolute atomic E-state index is 12.1. The van der Waals surface area contributed by atoms with E-state index >= 15 is 0 Å². The van der Waals surface area contributed by atoms with E-state index < -0.39 is 0 Å². The molecule has 0 saturated carbocycles. The van der Waals surface area contributed by atoms with Crippen LogP contribution in [0.4, 0.5) is 0 Å². The van der Waals surface area contributed by atoms with Crippen molar-refractivity contribution >= 4 is 45.0 Å². The van der Waals surface area contributed by atoms with Crippen molar-refractivity contribution in [2.75, 3.05) is 0 Å². The standard InChI is InChI=1S/C21H16N2OS/c1-14-15-7-2-4-9-17(15)19(18-10-5-3-8-16(14)18)13-22-23-21(24)20-11-6-12-25-20/h2-13H,1H3,(H,23,24)/b22-13-. The summed E-state index contributed by atoms with van der Waals surface area (Å²) < 4.78 is 0. The largest absolute Gasteiger partial charge is 0.281 e. The average Bonchev–Trinajstić information content (AvgIpc) is 3.19. The molecule has 0 spiro atoms. The Morgan fingerprint density at radius 1 is 0.920 bits per heavy atom. The molecule has 0 unspecified atom stereocenters. The summed E-state index contributed by atoms with van der Waals surface area (Å²) in [4.78, 5) is 12.7. The Hall–Kier alpha value is -2.98. The lowest BCUT2D eigenvalue weighted by Gasteiger charge is -2.11. The van der Waals surface area contributed by atoms with Crippen LogP contribution in [0, 0.1) is 6.92 Å². The lowest BCUT2D eigenvalue weighted by atomic mass is 9.93. The number of hydrazone groups is 1. The SMILES string of the molecule is Cc1c2ccccc2c(/C=N\NC(=O)c2cccs2)c2ccccc12. The lowest BCUT2D eigenvalue weighted by Crippen LogP contribution is -2.16. The molecule has 4 aromatic rings. The monoisotopic (exact) mass is 344 g/mol. The topological polar surface area (TPSA) is 41.5 Å². The number of carbonyl (C=O) groups is 1. The molecule has 0 radical (unpaired) electrons. The minimum absolute atomic E-state index is 0.188. The van der Waals surface area contributed by atoms with E-state index in [0.717, 1.165) is 16.3 Å². The number of hydrogen-bond acceptors (Lipinski definition) is 3. The summed E-state index contributed by atoms with van der Waals surface area (Å²) in [7, 11) is 0. The molecule has 0 bridgehead atoms. The van der Waals surface area contributed by atoms with Gasteiger partial charge in [-0.1, -0.05) is 54.6 Å². The van der Waals surface area contributed by atoms with Gasteiger partial charge in [-0.3, -0.25) is 4.79 Å². The van der Waals surface area contributed by atoms with Crippen LogP contribution in [0.2, 0.25) is 0 Å². The van der Waals surface area contributed by atoms with Crippen LogP contribution >= 0.6 is 11.3 Å². The predicted molar refractivity (Wildman–Crippen MR) is 106 cm³/mol. The smallest absolute Gasteiger partial charge is 0.266 e. The van der Waals surface area contributed by atoms with Gasteiger partial charge in [-0.05, 0) is 45.5 Å². The number of hydrogen-bond donors (Lipinski definition) is 1. The molecular weight excluding hydrogens is 328 g/mol. The van der Waals surface area contributed by atoms with E-state index in [2.05, 4.69) is 41.7 Å². The number of rotatable bonds is 3. The van der Waals surface area contributed by atoms with Crippen LogP contribution in [0.1, 0.15) is 20.8 Å². The van der Waals surface area contributed by atoms with Gasteiger partial charge in [0.2, 0.25) is 0 Å². The molecule has 0 atom stereocenters. The quantitative estimate of drug-likeness (QED) is 0.312. The Morgan fingerprint density at radius 2 is 1.52 bits per heavy atom. The zero-order valence-corrected chi connectivity index (χ0v) is 14.5. The number of aryl methyl sites for hydroxylation is 1. The molecule has 0 fully saturated rings. The number of nitrogens with zero attached hydrogens (tertiary/aromatic N) is 1. The third-order valence-corrected chi connectivity index (χ3v) is 5.22. The number of amides is 1.